The summed E-state index contributed by atoms with van der Waals surface area (Å²) in [6.45, 7) is 0. The van der Waals surface area contributed by atoms with Gasteiger partial charge in [0.15, 0.2) is 0 Å². The van der Waals surface area contributed by atoms with Crippen LogP contribution in [0.1, 0.15) is 5.56 Å². The lowest BCUT2D eigenvalue weighted by molar-refractivity contribution is 1.23. The molecule has 1 aromatic heterocycles. The van der Waals surface area contributed by atoms with E-state index in [-0.39, 0.29) is 0 Å². The highest BCUT2D eigenvalue weighted by Gasteiger charge is 1.98. The van der Waals surface area contributed by atoms with E-state index in [1.807, 2.05) is 37.1 Å². The molecule has 1 aromatic carbocycles. The number of anilines is 1. The van der Waals surface area contributed by atoms with E-state index in [1.165, 1.54) is 10.5 Å². The fourth-order valence-corrected chi connectivity index (χ4v) is 2.82. The second-order valence-electron chi connectivity index (χ2n) is 3.55. The van der Waals surface area contributed by atoms with Crippen LogP contribution in [-0.4, -0.2) is 12.0 Å². The summed E-state index contributed by atoms with van der Waals surface area (Å²) >= 11 is 5.28. The van der Waals surface area contributed by atoms with Gasteiger partial charge in [-0.15, -0.1) is 11.8 Å². The van der Waals surface area contributed by atoms with Crippen LogP contribution in [0.3, 0.4) is 0 Å². The van der Waals surface area contributed by atoms with Crippen LogP contribution in [0.4, 0.5) is 5.82 Å². The smallest absolute Gasteiger partial charge is 0.125 e. The Morgan fingerprint density at radius 1 is 1.29 bits per heavy atom. The van der Waals surface area contributed by atoms with E-state index in [1.54, 1.807) is 0 Å². The summed E-state index contributed by atoms with van der Waals surface area (Å²) in [6.07, 6.45) is 1.91. The van der Waals surface area contributed by atoms with Crippen molar-refractivity contribution in [1.82, 2.24) is 4.98 Å². The van der Waals surface area contributed by atoms with Gasteiger partial charge < -0.3 is 5.32 Å². The summed E-state index contributed by atoms with van der Waals surface area (Å²) in [5.74, 6) is 1.84. The van der Waals surface area contributed by atoms with E-state index in [0.29, 0.717) is 0 Å². The van der Waals surface area contributed by atoms with E-state index < -0.39 is 0 Å². The molecule has 0 atom stereocenters. The Labute approximate surface area is 114 Å². The van der Waals surface area contributed by atoms with Gasteiger partial charge in [-0.3, -0.25) is 0 Å². The molecule has 4 heteroatoms. The molecule has 0 radical (unpaired) electrons. The molecule has 1 N–H and O–H groups in total. The van der Waals surface area contributed by atoms with E-state index in [9.17, 15) is 0 Å². The Morgan fingerprint density at radius 2 is 2.18 bits per heavy atom. The van der Waals surface area contributed by atoms with Crippen molar-refractivity contribution in [3.63, 3.8) is 0 Å². The highest BCUT2D eigenvalue weighted by Crippen LogP contribution is 2.25. The molecule has 0 saturated carbocycles. The topological polar surface area (TPSA) is 24.9 Å². The van der Waals surface area contributed by atoms with E-state index in [0.717, 1.165) is 16.0 Å². The molecule has 2 nitrogen and oxygen atoms in total. The van der Waals surface area contributed by atoms with Gasteiger partial charge in [0.1, 0.15) is 5.82 Å². The van der Waals surface area contributed by atoms with Crippen molar-refractivity contribution in [2.75, 3.05) is 12.4 Å². The number of pyridine rings is 1. The summed E-state index contributed by atoms with van der Waals surface area (Å²) < 4.78 is 1.12. The van der Waals surface area contributed by atoms with Gasteiger partial charge in [0, 0.05) is 28.4 Å². The SMILES string of the molecule is CNc1ccc(CSc2cccc(Br)c2)cn1. The van der Waals surface area contributed by atoms with Gasteiger partial charge >= 0.3 is 0 Å². The van der Waals surface area contributed by atoms with Crippen molar-refractivity contribution in [1.29, 1.82) is 0 Å². The van der Waals surface area contributed by atoms with Crippen molar-refractivity contribution in [2.45, 2.75) is 10.6 Å². The lowest BCUT2D eigenvalue weighted by atomic mass is 10.3. The molecule has 1 heterocycles. The summed E-state index contributed by atoms with van der Waals surface area (Å²) in [4.78, 5) is 5.55. The zero-order chi connectivity index (χ0) is 12.1. The first kappa shape index (κ1) is 12.5. The molecule has 0 unspecified atom stereocenters. The zero-order valence-electron chi connectivity index (χ0n) is 9.48. The number of hydrogen-bond acceptors (Lipinski definition) is 3. The number of halogens is 1. The van der Waals surface area contributed by atoms with Gasteiger partial charge in [-0.05, 0) is 29.8 Å². The normalized spacial score (nSPS) is 10.2. The van der Waals surface area contributed by atoms with Crippen molar-refractivity contribution in [2.24, 2.45) is 0 Å². The maximum absolute atomic E-state index is 4.29. The van der Waals surface area contributed by atoms with E-state index in [2.05, 4.69) is 50.5 Å². The highest BCUT2D eigenvalue weighted by atomic mass is 79.9. The number of aromatic nitrogens is 1. The Kier molecular flexibility index (Phi) is 4.45. The molecule has 0 fully saturated rings. The standard InChI is InChI=1S/C13H13BrN2S/c1-15-13-6-5-10(8-16-13)9-17-12-4-2-3-11(14)7-12/h2-8H,9H2,1H3,(H,15,16). The lowest BCUT2D eigenvalue weighted by Gasteiger charge is -2.03. The van der Waals surface area contributed by atoms with Crippen molar-refractivity contribution < 1.29 is 0 Å². The van der Waals surface area contributed by atoms with Crippen LogP contribution in [0, 0.1) is 0 Å². The number of rotatable bonds is 4. The highest BCUT2D eigenvalue weighted by molar-refractivity contribution is 9.10. The third-order valence-electron chi connectivity index (χ3n) is 2.28. The summed E-state index contributed by atoms with van der Waals surface area (Å²) in [5.41, 5.74) is 1.23. The van der Waals surface area contributed by atoms with Crippen molar-refractivity contribution in [3.05, 3.63) is 52.6 Å². The predicted molar refractivity (Wildman–Crippen MR) is 77.5 cm³/mol. The number of nitrogens with zero attached hydrogens (tertiary/aromatic N) is 1. The molecule has 17 heavy (non-hydrogen) atoms. The quantitative estimate of drug-likeness (QED) is 0.858. The average Bonchev–Trinajstić information content (AvgIpc) is 2.37. The van der Waals surface area contributed by atoms with Crippen LogP contribution >= 0.6 is 27.7 Å². The van der Waals surface area contributed by atoms with Crippen molar-refractivity contribution in [3.8, 4) is 0 Å². The predicted octanol–water partition coefficient (Wildman–Crippen LogP) is 4.18. The minimum Gasteiger partial charge on any atom is -0.373 e. The fraction of sp³-hybridized carbons (Fsp3) is 0.154. The first-order valence-electron chi connectivity index (χ1n) is 5.29. The molecule has 0 aliphatic rings. The lowest BCUT2D eigenvalue weighted by Crippen LogP contribution is -1.92. The minimum atomic E-state index is 0.904. The van der Waals surface area contributed by atoms with Crippen molar-refractivity contribution >= 4 is 33.5 Å². The van der Waals surface area contributed by atoms with Gasteiger partial charge in [-0.25, -0.2) is 4.98 Å². The van der Waals surface area contributed by atoms with Gasteiger partial charge in [0.05, 0.1) is 0 Å². The minimum absolute atomic E-state index is 0.904. The summed E-state index contributed by atoms with van der Waals surface area (Å²) in [7, 11) is 1.87. The number of thioether (sulfide) groups is 1. The Morgan fingerprint density at radius 3 is 2.82 bits per heavy atom. The molecule has 88 valence electrons. The average molecular weight is 309 g/mol. The molecule has 0 spiro atoms. The third-order valence-corrected chi connectivity index (χ3v) is 3.84. The van der Waals surface area contributed by atoms with Gasteiger partial charge in [0.25, 0.3) is 0 Å². The Hall–Kier alpha value is -1.00. The van der Waals surface area contributed by atoms with E-state index >= 15 is 0 Å². The molecule has 2 rings (SSSR count). The van der Waals surface area contributed by atoms with E-state index in [4.69, 9.17) is 0 Å². The second kappa shape index (κ2) is 6.07. The molecule has 0 aliphatic carbocycles. The summed E-state index contributed by atoms with van der Waals surface area (Å²) in [6, 6.07) is 12.4. The Bertz CT molecular complexity index is 485. The molecule has 0 saturated heterocycles. The molecule has 0 amide bonds. The first-order valence-corrected chi connectivity index (χ1v) is 7.07. The van der Waals surface area contributed by atoms with Crippen LogP contribution in [0.2, 0.25) is 0 Å². The molecule has 2 aromatic rings. The first-order chi connectivity index (χ1) is 8.28. The molecular formula is C13H13BrN2S. The maximum Gasteiger partial charge on any atom is 0.125 e. The zero-order valence-corrected chi connectivity index (χ0v) is 11.9. The van der Waals surface area contributed by atoms with Gasteiger partial charge in [0.2, 0.25) is 0 Å². The third kappa shape index (κ3) is 3.75. The number of nitrogens with one attached hydrogen (secondary N) is 1. The van der Waals surface area contributed by atoms with Gasteiger partial charge in [-0.1, -0.05) is 28.1 Å². The molecule has 0 bridgehead atoms. The van der Waals surface area contributed by atoms with Gasteiger partial charge in [-0.2, -0.15) is 0 Å². The molecular weight excluding hydrogens is 296 g/mol. The fourth-order valence-electron chi connectivity index (χ4n) is 1.38. The van der Waals surface area contributed by atoms with Crippen LogP contribution in [0.15, 0.2) is 52.0 Å². The number of benzene rings is 1. The van der Waals surface area contributed by atoms with Crippen LogP contribution in [-0.2, 0) is 5.75 Å². The maximum atomic E-state index is 4.29. The number of hydrogen-bond donors (Lipinski definition) is 1. The molecule has 0 aliphatic heterocycles. The largest absolute Gasteiger partial charge is 0.373 e. The Balaban J connectivity index is 1.97. The van der Waals surface area contributed by atoms with Crippen LogP contribution in [0.5, 0.6) is 0 Å². The van der Waals surface area contributed by atoms with Crippen LogP contribution < -0.4 is 5.32 Å². The second-order valence-corrected chi connectivity index (χ2v) is 5.51. The summed E-state index contributed by atoms with van der Waals surface area (Å²) in [5, 5.41) is 3.01. The van der Waals surface area contributed by atoms with Crippen LogP contribution in [0.25, 0.3) is 0 Å². The monoisotopic (exact) mass is 308 g/mol.